The number of nitrogens with zero attached hydrogens (tertiary/aromatic N) is 1. The number of hydrogen-bond donors (Lipinski definition) is 1. The number of imide groups is 2. The van der Waals surface area contributed by atoms with E-state index in [9.17, 15) is 14.4 Å². The second-order valence-electron chi connectivity index (χ2n) is 6.08. The van der Waals surface area contributed by atoms with E-state index in [0.717, 1.165) is 16.9 Å². The van der Waals surface area contributed by atoms with Crippen LogP contribution >= 0.6 is 0 Å². The van der Waals surface area contributed by atoms with Gasteiger partial charge in [0.2, 0.25) is 5.91 Å². The largest absolute Gasteiger partial charge is 0.335 e. The van der Waals surface area contributed by atoms with Crippen molar-refractivity contribution in [3.63, 3.8) is 0 Å². The third-order valence-electron chi connectivity index (χ3n) is 4.50. The van der Waals surface area contributed by atoms with Crippen molar-refractivity contribution >= 4 is 23.5 Å². The number of benzene rings is 1. The van der Waals surface area contributed by atoms with Crippen molar-refractivity contribution in [1.29, 1.82) is 0 Å². The molecule has 0 bridgehead atoms. The lowest BCUT2D eigenvalue weighted by Gasteiger charge is -2.44. The fourth-order valence-corrected chi connectivity index (χ4v) is 2.89. The molecule has 4 amide bonds. The predicted molar refractivity (Wildman–Crippen MR) is 77.8 cm³/mol. The van der Waals surface area contributed by atoms with Crippen LogP contribution in [0.15, 0.2) is 24.3 Å². The number of rotatable bonds is 2. The second-order valence-corrected chi connectivity index (χ2v) is 6.08. The quantitative estimate of drug-likeness (QED) is 0.850. The fourth-order valence-electron chi connectivity index (χ4n) is 2.89. The van der Waals surface area contributed by atoms with Crippen molar-refractivity contribution in [1.82, 2.24) is 5.32 Å². The lowest BCUT2D eigenvalue weighted by atomic mass is 9.66. The molecule has 3 rings (SSSR count). The Hall–Kier alpha value is -2.17. The Morgan fingerprint density at radius 2 is 1.71 bits per heavy atom. The SMILES string of the molecule is CC(C)c1ccc(N2C(=O)NC(=O)C3(CCC3)C2=O)cc1. The number of hydrogen-bond acceptors (Lipinski definition) is 3. The Morgan fingerprint density at radius 3 is 2.19 bits per heavy atom. The van der Waals surface area contributed by atoms with Crippen molar-refractivity contribution in [3.8, 4) is 0 Å². The number of carbonyl (C=O) groups is 3. The maximum atomic E-state index is 12.6. The number of nitrogens with one attached hydrogen (secondary N) is 1. The summed E-state index contributed by atoms with van der Waals surface area (Å²) >= 11 is 0. The number of amides is 4. The highest BCUT2D eigenvalue weighted by atomic mass is 16.2. The zero-order chi connectivity index (χ0) is 15.2. The van der Waals surface area contributed by atoms with Crippen LogP contribution in [0, 0.1) is 5.41 Å². The molecule has 2 aliphatic rings. The number of carbonyl (C=O) groups excluding carboxylic acids is 3. The summed E-state index contributed by atoms with van der Waals surface area (Å²) in [6.07, 6.45) is 1.88. The summed E-state index contributed by atoms with van der Waals surface area (Å²) < 4.78 is 0. The molecule has 1 aliphatic carbocycles. The van der Waals surface area contributed by atoms with Gasteiger partial charge in [0.25, 0.3) is 5.91 Å². The number of anilines is 1. The van der Waals surface area contributed by atoms with Crippen molar-refractivity contribution < 1.29 is 14.4 Å². The third kappa shape index (κ3) is 1.95. The topological polar surface area (TPSA) is 66.5 Å². The Labute approximate surface area is 123 Å². The molecule has 1 saturated heterocycles. The fraction of sp³-hybridized carbons (Fsp3) is 0.438. The van der Waals surface area contributed by atoms with Gasteiger partial charge >= 0.3 is 6.03 Å². The molecule has 1 spiro atoms. The molecule has 5 nitrogen and oxygen atoms in total. The zero-order valence-electron chi connectivity index (χ0n) is 12.2. The standard InChI is InChI=1S/C16H18N2O3/c1-10(2)11-4-6-12(7-5-11)18-14(20)16(8-3-9-16)13(19)17-15(18)21/h4-7,10H,3,8-9H2,1-2H3,(H,17,19,21). The van der Waals surface area contributed by atoms with Crippen LogP contribution in [0.4, 0.5) is 10.5 Å². The van der Waals surface area contributed by atoms with Crippen LogP contribution in [-0.4, -0.2) is 17.8 Å². The molecule has 1 aromatic rings. The van der Waals surface area contributed by atoms with E-state index in [4.69, 9.17) is 0 Å². The number of barbiturate groups is 1. The normalized spacial score (nSPS) is 20.7. The highest BCUT2D eigenvalue weighted by Gasteiger charge is 2.57. The first-order valence-corrected chi connectivity index (χ1v) is 7.26. The molecular formula is C16H18N2O3. The summed E-state index contributed by atoms with van der Waals surface area (Å²) in [5.41, 5.74) is 0.628. The van der Waals surface area contributed by atoms with Crippen LogP contribution in [0.3, 0.4) is 0 Å². The van der Waals surface area contributed by atoms with E-state index >= 15 is 0 Å². The lowest BCUT2D eigenvalue weighted by molar-refractivity contribution is -0.148. The van der Waals surface area contributed by atoms with Gasteiger partial charge in [-0.25, -0.2) is 9.69 Å². The Morgan fingerprint density at radius 1 is 1.10 bits per heavy atom. The molecule has 1 aliphatic heterocycles. The van der Waals surface area contributed by atoms with Crippen molar-refractivity contribution in [2.75, 3.05) is 4.90 Å². The van der Waals surface area contributed by atoms with Gasteiger partial charge in [-0.15, -0.1) is 0 Å². The molecular weight excluding hydrogens is 268 g/mol. The number of urea groups is 1. The van der Waals surface area contributed by atoms with E-state index in [1.54, 1.807) is 12.1 Å². The smallest absolute Gasteiger partial charge is 0.276 e. The molecule has 1 aromatic carbocycles. The van der Waals surface area contributed by atoms with E-state index < -0.39 is 17.4 Å². The molecule has 5 heteroatoms. The van der Waals surface area contributed by atoms with Gasteiger partial charge in [-0.2, -0.15) is 0 Å². The van der Waals surface area contributed by atoms with Crippen LogP contribution in [0.2, 0.25) is 0 Å². The van der Waals surface area contributed by atoms with Crippen LogP contribution in [-0.2, 0) is 9.59 Å². The van der Waals surface area contributed by atoms with Gasteiger partial charge in [0, 0.05) is 0 Å². The van der Waals surface area contributed by atoms with E-state index in [1.807, 2.05) is 12.1 Å². The van der Waals surface area contributed by atoms with E-state index in [-0.39, 0.29) is 5.91 Å². The molecule has 110 valence electrons. The van der Waals surface area contributed by atoms with Gasteiger partial charge in [-0.3, -0.25) is 14.9 Å². The Kier molecular flexibility index (Phi) is 3.08. The van der Waals surface area contributed by atoms with Gasteiger partial charge in [0.1, 0.15) is 5.41 Å². The lowest BCUT2D eigenvalue weighted by Crippen LogP contribution is -2.66. The van der Waals surface area contributed by atoms with Gasteiger partial charge < -0.3 is 0 Å². The van der Waals surface area contributed by atoms with Crippen molar-refractivity contribution in [3.05, 3.63) is 29.8 Å². The average Bonchev–Trinajstić information content (AvgIpc) is 2.37. The Balaban J connectivity index is 1.94. The van der Waals surface area contributed by atoms with Gasteiger partial charge in [0.15, 0.2) is 0 Å². The molecule has 0 atom stereocenters. The zero-order valence-corrected chi connectivity index (χ0v) is 12.2. The molecule has 21 heavy (non-hydrogen) atoms. The van der Waals surface area contributed by atoms with Crippen molar-refractivity contribution in [2.45, 2.75) is 39.0 Å². The van der Waals surface area contributed by atoms with Gasteiger partial charge in [0.05, 0.1) is 5.69 Å². The van der Waals surface area contributed by atoms with E-state index in [2.05, 4.69) is 19.2 Å². The molecule has 2 fully saturated rings. The second kappa shape index (κ2) is 4.69. The summed E-state index contributed by atoms with van der Waals surface area (Å²) in [4.78, 5) is 37.7. The molecule has 1 N–H and O–H groups in total. The molecule has 0 radical (unpaired) electrons. The summed E-state index contributed by atoms with van der Waals surface area (Å²) in [6, 6.07) is 6.68. The first kappa shape index (κ1) is 13.8. The predicted octanol–water partition coefficient (Wildman–Crippen LogP) is 2.56. The van der Waals surface area contributed by atoms with Crippen LogP contribution < -0.4 is 10.2 Å². The first-order chi connectivity index (χ1) is 9.95. The Bertz CT molecular complexity index is 615. The molecule has 0 unspecified atom stereocenters. The molecule has 1 heterocycles. The highest BCUT2D eigenvalue weighted by molar-refractivity contribution is 6.30. The maximum absolute atomic E-state index is 12.6. The first-order valence-electron chi connectivity index (χ1n) is 7.26. The van der Waals surface area contributed by atoms with E-state index in [1.165, 1.54) is 0 Å². The summed E-state index contributed by atoms with van der Waals surface area (Å²) in [7, 11) is 0. The molecule has 0 aromatic heterocycles. The minimum Gasteiger partial charge on any atom is -0.276 e. The van der Waals surface area contributed by atoms with Crippen LogP contribution in [0.5, 0.6) is 0 Å². The minimum atomic E-state index is -1.02. The van der Waals surface area contributed by atoms with Gasteiger partial charge in [-0.1, -0.05) is 32.4 Å². The van der Waals surface area contributed by atoms with E-state index in [0.29, 0.717) is 24.4 Å². The highest BCUT2D eigenvalue weighted by Crippen LogP contribution is 2.45. The van der Waals surface area contributed by atoms with Crippen LogP contribution in [0.25, 0.3) is 0 Å². The third-order valence-corrected chi connectivity index (χ3v) is 4.50. The summed E-state index contributed by atoms with van der Waals surface area (Å²) in [5.74, 6) is -0.455. The summed E-state index contributed by atoms with van der Waals surface area (Å²) in [6.45, 7) is 4.16. The van der Waals surface area contributed by atoms with Crippen LogP contribution in [0.1, 0.15) is 44.6 Å². The average molecular weight is 286 g/mol. The van der Waals surface area contributed by atoms with Gasteiger partial charge in [-0.05, 0) is 36.5 Å². The monoisotopic (exact) mass is 286 g/mol. The maximum Gasteiger partial charge on any atom is 0.335 e. The minimum absolute atomic E-state index is 0.379. The van der Waals surface area contributed by atoms with Crippen molar-refractivity contribution in [2.24, 2.45) is 5.41 Å². The summed E-state index contributed by atoms with van der Waals surface area (Å²) in [5, 5.41) is 2.32. The molecule has 1 saturated carbocycles.